The Morgan fingerprint density at radius 3 is 2.50 bits per heavy atom. The third-order valence-electron chi connectivity index (χ3n) is 4.96. The number of anilines is 1. The van der Waals surface area contributed by atoms with Crippen molar-refractivity contribution in [3.8, 4) is 22.9 Å². The minimum Gasteiger partial charge on any atom is -0.493 e. The molecule has 1 saturated heterocycles. The van der Waals surface area contributed by atoms with Crippen LogP contribution in [0.25, 0.3) is 11.4 Å². The van der Waals surface area contributed by atoms with E-state index in [1.807, 2.05) is 18.2 Å². The molecule has 4 rings (SSSR count). The maximum absolute atomic E-state index is 12.5. The minimum atomic E-state index is -2.93. The van der Waals surface area contributed by atoms with Gasteiger partial charge in [0.05, 0.1) is 13.7 Å². The van der Waals surface area contributed by atoms with Crippen LogP contribution in [0.5, 0.6) is 11.5 Å². The molecule has 158 valence electrons. The molecule has 0 radical (unpaired) electrons. The molecule has 1 fully saturated rings. The van der Waals surface area contributed by atoms with Crippen LogP contribution in [0, 0.1) is 0 Å². The molecule has 0 bridgehead atoms. The molecule has 0 aliphatic carbocycles. The zero-order valence-electron chi connectivity index (χ0n) is 16.5. The second-order valence-corrected chi connectivity index (χ2v) is 6.85. The Balaban J connectivity index is 1.38. The Labute approximate surface area is 172 Å². The first-order valence-corrected chi connectivity index (χ1v) is 9.60. The van der Waals surface area contributed by atoms with E-state index < -0.39 is 6.61 Å². The smallest absolute Gasteiger partial charge is 0.387 e. The Morgan fingerprint density at radius 1 is 1.03 bits per heavy atom. The number of piperazine rings is 1. The van der Waals surface area contributed by atoms with Crippen molar-refractivity contribution in [1.29, 1.82) is 0 Å². The molecular formula is C21H22F2N4O3. The van der Waals surface area contributed by atoms with Gasteiger partial charge < -0.3 is 18.9 Å². The molecule has 0 amide bonds. The maximum atomic E-state index is 12.5. The summed E-state index contributed by atoms with van der Waals surface area (Å²) >= 11 is 0. The van der Waals surface area contributed by atoms with Crippen LogP contribution in [0.15, 0.2) is 53.1 Å². The van der Waals surface area contributed by atoms with Crippen molar-refractivity contribution in [3.63, 3.8) is 0 Å². The van der Waals surface area contributed by atoms with Crippen LogP contribution < -0.4 is 14.4 Å². The zero-order valence-corrected chi connectivity index (χ0v) is 16.5. The average molecular weight is 416 g/mol. The van der Waals surface area contributed by atoms with Gasteiger partial charge in [-0.1, -0.05) is 23.4 Å². The number of para-hydroxylation sites is 1. The first-order valence-electron chi connectivity index (χ1n) is 9.60. The number of nitrogens with zero attached hydrogens (tertiary/aromatic N) is 4. The molecule has 1 aliphatic rings. The van der Waals surface area contributed by atoms with Gasteiger partial charge in [0.25, 0.3) is 0 Å². The third-order valence-corrected chi connectivity index (χ3v) is 4.96. The Kier molecular flexibility index (Phi) is 6.08. The molecule has 0 unspecified atom stereocenters. The van der Waals surface area contributed by atoms with E-state index >= 15 is 0 Å². The molecule has 1 aliphatic heterocycles. The largest absolute Gasteiger partial charge is 0.493 e. The van der Waals surface area contributed by atoms with E-state index in [1.54, 1.807) is 12.1 Å². The first-order chi connectivity index (χ1) is 14.6. The van der Waals surface area contributed by atoms with Gasteiger partial charge in [0.2, 0.25) is 11.7 Å². The summed E-state index contributed by atoms with van der Waals surface area (Å²) in [5.74, 6) is 1.01. The van der Waals surface area contributed by atoms with E-state index in [2.05, 4.69) is 36.8 Å². The molecule has 3 aromatic rings. The fourth-order valence-electron chi connectivity index (χ4n) is 3.43. The summed E-state index contributed by atoms with van der Waals surface area (Å²) in [6, 6.07) is 14.9. The second kappa shape index (κ2) is 9.08. The van der Waals surface area contributed by atoms with Crippen LogP contribution in [0.3, 0.4) is 0 Å². The van der Waals surface area contributed by atoms with Crippen LogP contribution in [-0.2, 0) is 6.54 Å². The van der Waals surface area contributed by atoms with Crippen molar-refractivity contribution >= 4 is 5.69 Å². The summed E-state index contributed by atoms with van der Waals surface area (Å²) in [6.45, 7) is 1.25. The first kappa shape index (κ1) is 20.1. The normalized spacial score (nSPS) is 14.9. The predicted molar refractivity (Wildman–Crippen MR) is 107 cm³/mol. The van der Waals surface area contributed by atoms with E-state index in [0.29, 0.717) is 23.8 Å². The molecular weight excluding hydrogens is 394 g/mol. The molecule has 0 saturated carbocycles. The summed E-state index contributed by atoms with van der Waals surface area (Å²) in [5, 5.41) is 4.01. The number of alkyl halides is 2. The second-order valence-electron chi connectivity index (χ2n) is 6.85. The van der Waals surface area contributed by atoms with E-state index in [0.717, 1.165) is 26.2 Å². The number of ether oxygens (including phenoxy) is 2. The van der Waals surface area contributed by atoms with Crippen molar-refractivity contribution < 1.29 is 22.8 Å². The monoisotopic (exact) mass is 416 g/mol. The maximum Gasteiger partial charge on any atom is 0.387 e. The van der Waals surface area contributed by atoms with Gasteiger partial charge in [-0.15, -0.1) is 0 Å². The van der Waals surface area contributed by atoms with Gasteiger partial charge in [-0.25, -0.2) is 0 Å². The Bertz CT molecular complexity index is 960. The number of hydrogen-bond acceptors (Lipinski definition) is 7. The van der Waals surface area contributed by atoms with Gasteiger partial charge >= 0.3 is 6.61 Å². The van der Waals surface area contributed by atoms with Gasteiger partial charge in [-0.05, 0) is 30.3 Å². The van der Waals surface area contributed by atoms with Crippen molar-refractivity contribution in [2.24, 2.45) is 0 Å². The summed E-state index contributed by atoms with van der Waals surface area (Å²) in [6.07, 6.45) is 0. The lowest BCUT2D eigenvalue weighted by molar-refractivity contribution is -0.0512. The molecule has 0 N–H and O–H groups in total. The van der Waals surface area contributed by atoms with Crippen molar-refractivity contribution in [2.45, 2.75) is 13.2 Å². The quantitative estimate of drug-likeness (QED) is 0.582. The Hall–Kier alpha value is -3.20. The highest BCUT2D eigenvalue weighted by molar-refractivity contribution is 5.60. The summed E-state index contributed by atoms with van der Waals surface area (Å²) < 4.78 is 39.9. The topological polar surface area (TPSA) is 63.9 Å². The van der Waals surface area contributed by atoms with Crippen LogP contribution >= 0.6 is 0 Å². The van der Waals surface area contributed by atoms with Gasteiger partial charge in [0, 0.05) is 37.4 Å². The van der Waals surface area contributed by atoms with E-state index in [4.69, 9.17) is 9.26 Å². The van der Waals surface area contributed by atoms with Crippen molar-refractivity contribution in [2.75, 3.05) is 38.2 Å². The van der Waals surface area contributed by atoms with Gasteiger partial charge in [0.1, 0.15) is 0 Å². The highest BCUT2D eigenvalue weighted by Crippen LogP contribution is 2.32. The van der Waals surface area contributed by atoms with Crippen LogP contribution in [-0.4, -0.2) is 54.9 Å². The van der Waals surface area contributed by atoms with Crippen LogP contribution in [0.1, 0.15) is 5.89 Å². The van der Waals surface area contributed by atoms with E-state index in [9.17, 15) is 8.78 Å². The van der Waals surface area contributed by atoms with Gasteiger partial charge in [-0.3, -0.25) is 4.90 Å². The highest BCUT2D eigenvalue weighted by atomic mass is 19.3. The molecule has 7 nitrogen and oxygen atoms in total. The molecule has 9 heteroatoms. The third kappa shape index (κ3) is 4.68. The number of hydrogen-bond donors (Lipinski definition) is 0. The fourth-order valence-corrected chi connectivity index (χ4v) is 3.43. The summed E-state index contributed by atoms with van der Waals surface area (Å²) in [4.78, 5) is 9.05. The van der Waals surface area contributed by atoms with E-state index in [1.165, 1.54) is 18.9 Å². The molecule has 1 aromatic heterocycles. The number of benzene rings is 2. The highest BCUT2D eigenvalue weighted by Gasteiger charge is 2.20. The zero-order chi connectivity index (χ0) is 20.9. The minimum absolute atomic E-state index is 0.0451. The molecule has 0 spiro atoms. The lowest BCUT2D eigenvalue weighted by Gasteiger charge is -2.35. The SMILES string of the molecule is COc1cc(-c2noc(CN3CCN(c4ccccc4)CC3)n2)ccc1OC(F)F. The molecule has 30 heavy (non-hydrogen) atoms. The predicted octanol–water partition coefficient (Wildman–Crippen LogP) is 3.67. The average Bonchev–Trinajstić information content (AvgIpc) is 3.23. The lowest BCUT2D eigenvalue weighted by Crippen LogP contribution is -2.46. The standard InChI is InChI=1S/C21H22F2N4O3/c1-28-18-13-15(7-8-17(18)29-21(22)23)20-24-19(30-25-20)14-26-9-11-27(12-10-26)16-5-3-2-4-6-16/h2-8,13,21H,9-12,14H2,1H3. The molecule has 0 atom stereocenters. The van der Waals surface area contributed by atoms with Crippen LogP contribution in [0.4, 0.5) is 14.5 Å². The van der Waals surface area contributed by atoms with E-state index in [-0.39, 0.29) is 11.5 Å². The Morgan fingerprint density at radius 2 is 1.80 bits per heavy atom. The summed E-state index contributed by atoms with van der Waals surface area (Å²) in [7, 11) is 1.38. The number of methoxy groups -OCH3 is 1. The van der Waals surface area contributed by atoms with Crippen LogP contribution in [0.2, 0.25) is 0 Å². The van der Waals surface area contributed by atoms with Crippen molar-refractivity contribution in [3.05, 3.63) is 54.4 Å². The van der Waals surface area contributed by atoms with Gasteiger partial charge in [0.15, 0.2) is 11.5 Å². The van der Waals surface area contributed by atoms with Gasteiger partial charge in [-0.2, -0.15) is 13.8 Å². The summed E-state index contributed by atoms with van der Waals surface area (Å²) in [5.41, 5.74) is 1.82. The lowest BCUT2D eigenvalue weighted by atomic mass is 10.2. The fraction of sp³-hybridized carbons (Fsp3) is 0.333. The molecule has 2 aromatic carbocycles. The molecule has 2 heterocycles. The number of rotatable bonds is 7. The number of aromatic nitrogens is 2. The van der Waals surface area contributed by atoms with Crippen molar-refractivity contribution in [1.82, 2.24) is 15.0 Å². The number of halogens is 2.